The number of methoxy groups -OCH3 is 1. The number of allylic oxidation sites excluding steroid dienone is 3. The second-order valence-electron chi connectivity index (χ2n) is 7.52. The minimum atomic E-state index is -0.597. The van der Waals surface area contributed by atoms with E-state index < -0.39 is 4.92 Å². The minimum absolute atomic E-state index is 0.0208. The van der Waals surface area contributed by atoms with E-state index in [0.29, 0.717) is 6.04 Å². The van der Waals surface area contributed by atoms with Crippen LogP contribution in [0, 0.1) is 10.1 Å². The van der Waals surface area contributed by atoms with Crippen LogP contribution in [0.4, 0.5) is 11.4 Å². The molecule has 1 aliphatic carbocycles. The normalized spacial score (nSPS) is 18.8. The lowest BCUT2D eigenvalue weighted by Crippen LogP contribution is -2.47. The number of nitrogens with two attached hydrogens (primary N) is 1. The highest BCUT2D eigenvalue weighted by Crippen LogP contribution is 2.31. The van der Waals surface area contributed by atoms with Gasteiger partial charge in [0.15, 0.2) is 0 Å². The third-order valence-electron chi connectivity index (χ3n) is 5.78. The minimum Gasteiger partial charge on any atom is -0.496 e. The van der Waals surface area contributed by atoms with Crippen LogP contribution in [-0.2, 0) is 0 Å². The Bertz CT molecular complexity index is 841. The standard InChI is InChI=1S/C21H28N4O4/c1-14(15-6-4-3-5-7-15)24-10-8-16(9-11-24)23-21(26)17-12-19(25(27)28)18(22)13-20(17)29-2/h3-4,7,12-14,16H,5-6,8-11,22H2,1-2H3,(H,23,26). The molecule has 1 fully saturated rings. The molecule has 8 heteroatoms. The summed E-state index contributed by atoms with van der Waals surface area (Å²) in [5, 5.41) is 14.2. The van der Waals surface area contributed by atoms with E-state index in [-0.39, 0.29) is 34.6 Å². The maximum atomic E-state index is 12.8. The highest BCUT2D eigenvalue weighted by Gasteiger charge is 2.27. The van der Waals surface area contributed by atoms with Gasteiger partial charge in [-0.15, -0.1) is 0 Å². The first-order chi connectivity index (χ1) is 13.9. The van der Waals surface area contributed by atoms with Crippen molar-refractivity contribution in [3.63, 3.8) is 0 Å². The zero-order valence-corrected chi connectivity index (χ0v) is 16.9. The third kappa shape index (κ3) is 4.76. The van der Waals surface area contributed by atoms with Crippen molar-refractivity contribution in [1.82, 2.24) is 10.2 Å². The van der Waals surface area contributed by atoms with Gasteiger partial charge in [-0.2, -0.15) is 0 Å². The average molecular weight is 400 g/mol. The Balaban J connectivity index is 1.62. The molecule has 1 heterocycles. The molecule has 1 atom stereocenters. The monoisotopic (exact) mass is 400 g/mol. The summed E-state index contributed by atoms with van der Waals surface area (Å²) in [5.74, 6) is -0.148. The number of nitro benzene ring substituents is 1. The zero-order valence-electron chi connectivity index (χ0n) is 16.9. The SMILES string of the molecule is COc1cc(N)c([N+](=O)[O-])cc1C(=O)NC1CCN(C(C)C2=CCC=CC2)CC1. The van der Waals surface area contributed by atoms with E-state index in [2.05, 4.69) is 35.4 Å². The second kappa shape index (κ2) is 9.09. The van der Waals surface area contributed by atoms with E-state index in [9.17, 15) is 14.9 Å². The Morgan fingerprint density at radius 1 is 1.34 bits per heavy atom. The maximum absolute atomic E-state index is 12.8. The number of rotatable bonds is 6. The lowest BCUT2D eigenvalue weighted by molar-refractivity contribution is -0.383. The molecule has 1 aliphatic heterocycles. The van der Waals surface area contributed by atoms with Crippen molar-refractivity contribution in [2.45, 2.75) is 44.7 Å². The molecule has 1 amide bonds. The quantitative estimate of drug-likeness (QED) is 0.329. The fourth-order valence-electron chi connectivity index (χ4n) is 3.98. The van der Waals surface area contributed by atoms with Crippen molar-refractivity contribution in [2.75, 3.05) is 25.9 Å². The van der Waals surface area contributed by atoms with Crippen LogP contribution in [0.2, 0.25) is 0 Å². The number of piperidine rings is 1. The molecule has 1 aromatic carbocycles. The van der Waals surface area contributed by atoms with Crippen LogP contribution < -0.4 is 15.8 Å². The Morgan fingerprint density at radius 2 is 2.07 bits per heavy atom. The highest BCUT2D eigenvalue weighted by atomic mass is 16.6. The number of benzene rings is 1. The number of anilines is 1. The van der Waals surface area contributed by atoms with Gasteiger partial charge in [-0.05, 0) is 32.6 Å². The summed E-state index contributed by atoms with van der Waals surface area (Å²) in [6, 6.07) is 2.93. The van der Waals surface area contributed by atoms with Gasteiger partial charge in [0.2, 0.25) is 0 Å². The van der Waals surface area contributed by atoms with Gasteiger partial charge in [-0.1, -0.05) is 23.8 Å². The molecule has 1 saturated heterocycles. The number of nitrogens with one attached hydrogen (secondary N) is 1. The number of nitro groups is 1. The number of hydrogen-bond acceptors (Lipinski definition) is 6. The van der Waals surface area contributed by atoms with Crippen molar-refractivity contribution < 1.29 is 14.5 Å². The maximum Gasteiger partial charge on any atom is 0.293 e. The largest absolute Gasteiger partial charge is 0.496 e. The molecule has 3 N–H and O–H groups in total. The van der Waals surface area contributed by atoms with Gasteiger partial charge >= 0.3 is 0 Å². The third-order valence-corrected chi connectivity index (χ3v) is 5.78. The smallest absolute Gasteiger partial charge is 0.293 e. The van der Waals surface area contributed by atoms with Crippen molar-refractivity contribution in [2.24, 2.45) is 0 Å². The molecule has 8 nitrogen and oxygen atoms in total. The summed E-state index contributed by atoms with van der Waals surface area (Å²) in [6.07, 6.45) is 10.4. The topological polar surface area (TPSA) is 111 Å². The van der Waals surface area contributed by atoms with E-state index in [0.717, 1.165) is 38.8 Å². The number of carbonyl (C=O) groups is 1. The molecule has 2 aliphatic rings. The zero-order chi connectivity index (χ0) is 21.0. The number of ether oxygens (including phenoxy) is 1. The first kappa shape index (κ1) is 20.9. The molecule has 0 radical (unpaired) electrons. The van der Waals surface area contributed by atoms with Crippen LogP contribution in [0.1, 0.15) is 43.0 Å². The van der Waals surface area contributed by atoms with Crippen LogP contribution in [0.3, 0.4) is 0 Å². The van der Waals surface area contributed by atoms with Crippen LogP contribution in [0.15, 0.2) is 35.9 Å². The van der Waals surface area contributed by atoms with Gasteiger partial charge in [-0.25, -0.2) is 0 Å². The summed E-state index contributed by atoms with van der Waals surface area (Å²) >= 11 is 0. The molecule has 0 saturated carbocycles. The summed E-state index contributed by atoms with van der Waals surface area (Å²) in [4.78, 5) is 25.8. The number of hydrogen-bond donors (Lipinski definition) is 2. The van der Waals surface area contributed by atoms with Gasteiger partial charge in [0, 0.05) is 37.3 Å². The summed E-state index contributed by atoms with van der Waals surface area (Å²) < 4.78 is 5.20. The summed E-state index contributed by atoms with van der Waals surface area (Å²) in [5.41, 5.74) is 6.94. The number of nitrogens with zero attached hydrogens (tertiary/aromatic N) is 2. The van der Waals surface area contributed by atoms with Crippen LogP contribution in [-0.4, -0.2) is 48.0 Å². The van der Waals surface area contributed by atoms with Crippen LogP contribution in [0.5, 0.6) is 5.75 Å². The molecule has 1 unspecified atom stereocenters. The van der Waals surface area contributed by atoms with E-state index >= 15 is 0 Å². The summed E-state index contributed by atoms with van der Waals surface area (Å²) in [7, 11) is 1.41. The van der Waals surface area contributed by atoms with Gasteiger partial charge < -0.3 is 15.8 Å². The number of likely N-dealkylation sites (tertiary alicyclic amines) is 1. The molecular weight excluding hydrogens is 372 g/mol. The van der Waals surface area contributed by atoms with E-state index in [1.165, 1.54) is 24.8 Å². The molecular formula is C21H28N4O4. The molecule has 0 aromatic heterocycles. The lowest BCUT2D eigenvalue weighted by atomic mass is 9.95. The van der Waals surface area contributed by atoms with Crippen molar-refractivity contribution >= 4 is 17.3 Å². The molecule has 1 aromatic rings. The van der Waals surface area contributed by atoms with Gasteiger partial charge in [0.25, 0.3) is 11.6 Å². The summed E-state index contributed by atoms with van der Waals surface area (Å²) in [6.45, 7) is 4.03. The van der Waals surface area contributed by atoms with E-state index in [1.807, 2.05) is 0 Å². The predicted molar refractivity (Wildman–Crippen MR) is 112 cm³/mol. The fraction of sp³-hybridized carbons (Fsp3) is 0.476. The second-order valence-corrected chi connectivity index (χ2v) is 7.52. The first-order valence-electron chi connectivity index (χ1n) is 9.91. The fourth-order valence-corrected chi connectivity index (χ4v) is 3.98. The molecule has 0 bridgehead atoms. The van der Waals surface area contributed by atoms with Crippen LogP contribution >= 0.6 is 0 Å². The first-order valence-corrected chi connectivity index (χ1v) is 9.91. The van der Waals surface area contributed by atoms with Gasteiger partial charge in [0.1, 0.15) is 11.4 Å². The molecule has 3 rings (SSSR count). The Kier molecular flexibility index (Phi) is 6.53. The predicted octanol–water partition coefficient (Wildman–Crippen LogP) is 3.04. The average Bonchev–Trinajstić information content (AvgIpc) is 2.73. The lowest BCUT2D eigenvalue weighted by Gasteiger charge is -2.37. The van der Waals surface area contributed by atoms with E-state index in [1.54, 1.807) is 0 Å². The number of carbonyl (C=O) groups excluding carboxylic acids is 1. The van der Waals surface area contributed by atoms with E-state index in [4.69, 9.17) is 10.5 Å². The van der Waals surface area contributed by atoms with Crippen molar-refractivity contribution in [3.8, 4) is 5.75 Å². The molecule has 29 heavy (non-hydrogen) atoms. The van der Waals surface area contributed by atoms with Gasteiger partial charge in [0.05, 0.1) is 17.6 Å². The van der Waals surface area contributed by atoms with Crippen LogP contribution in [0.25, 0.3) is 0 Å². The molecule has 156 valence electrons. The highest BCUT2D eigenvalue weighted by molar-refractivity contribution is 5.98. The number of amides is 1. The Hall–Kier alpha value is -2.87. The van der Waals surface area contributed by atoms with Gasteiger partial charge in [-0.3, -0.25) is 19.8 Å². The number of nitrogen functional groups attached to an aromatic ring is 1. The van der Waals surface area contributed by atoms with Crippen molar-refractivity contribution in [3.05, 3.63) is 51.6 Å². The Labute approximate surface area is 170 Å². The Morgan fingerprint density at radius 3 is 2.66 bits per heavy atom. The van der Waals surface area contributed by atoms with Crippen molar-refractivity contribution in [1.29, 1.82) is 0 Å². The molecule has 0 spiro atoms.